The number of hydrogen-bond donors (Lipinski definition) is 2. The Kier molecular flexibility index (Phi) is 3.68. The number of nitrogens with two attached hydrogens (primary N) is 1. The number of primary amides is 1. The lowest BCUT2D eigenvalue weighted by atomic mass is 9.95. The lowest BCUT2D eigenvalue weighted by Gasteiger charge is -2.10. The predicted molar refractivity (Wildman–Crippen MR) is 55.6 cm³/mol. The summed E-state index contributed by atoms with van der Waals surface area (Å²) < 4.78 is 0. The smallest absolute Gasteiger partial charge is 0.304 e. The molecule has 5 heteroatoms. The molecular formula is C10H10ClNO3. The van der Waals surface area contributed by atoms with Gasteiger partial charge in [-0.05, 0) is 17.7 Å². The Hall–Kier alpha value is -1.55. The van der Waals surface area contributed by atoms with Gasteiger partial charge in [0.1, 0.15) is 0 Å². The summed E-state index contributed by atoms with van der Waals surface area (Å²) in [6.45, 7) is 0. The summed E-state index contributed by atoms with van der Waals surface area (Å²) in [6, 6.07) is 6.38. The average Bonchev–Trinajstić information content (AvgIpc) is 2.15. The third-order valence-corrected chi connectivity index (χ3v) is 2.25. The highest BCUT2D eigenvalue weighted by atomic mass is 35.5. The second-order valence-electron chi connectivity index (χ2n) is 3.10. The van der Waals surface area contributed by atoms with Crippen LogP contribution >= 0.6 is 11.6 Å². The van der Waals surface area contributed by atoms with Crippen LogP contribution in [0.3, 0.4) is 0 Å². The second-order valence-corrected chi connectivity index (χ2v) is 3.54. The Balaban J connectivity index is 2.94. The molecule has 0 saturated carbocycles. The van der Waals surface area contributed by atoms with Crippen LogP contribution in [-0.2, 0) is 9.59 Å². The van der Waals surface area contributed by atoms with E-state index in [0.29, 0.717) is 10.6 Å². The Labute approximate surface area is 91.7 Å². The van der Waals surface area contributed by atoms with Crippen molar-refractivity contribution in [3.05, 3.63) is 34.9 Å². The van der Waals surface area contributed by atoms with E-state index < -0.39 is 17.8 Å². The van der Waals surface area contributed by atoms with E-state index >= 15 is 0 Å². The third kappa shape index (κ3) is 3.25. The predicted octanol–water partition coefficient (Wildman–Crippen LogP) is 1.38. The molecule has 0 fully saturated rings. The highest BCUT2D eigenvalue weighted by molar-refractivity contribution is 6.30. The molecule has 15 heavy (non-hydrogen) atoms. The van der Waals surface area contributed by atoms with E-state index in [-0.39, 0.29) is 6.42 Å². The number of amides is 1. The molecule has 1 unspecified atom stereocenters. The first-order valence-corrected chi connectivity index (χ1v) is 4.65. The lowest BCUT2D eigenvalue weighted by molar-refractivity contribution is -0.139. The van der Waals surface area contributed by atoms with Crippen molar-refractivity contribution in [3.8, 4) is 0 Å². The van der Waals surface area contributed by atoms with Crippen LogP contribution in [0.15, 0.2) is 24.3 Å². The minimum Gasteiger partial charge on any atom is -0.481 e. The van der Waals surface area contributed by atoms with Crippen LogP contribution < -0.4 is 5.73 Å². The quantitative estimate of drug-likeness (QED) is 0.816. The number of hydrogen-bond acceptors (Lipinski definition) is 2. The first-order valence-electron chi connectivity index (χ1n) is 4.27. The summed E-state index contributed by atoms with van der Waals surface area (Å²) >= 11 is 5.67. The minimum absolute atomic E-state index is 0.309. The molecule has 0 aliphatic carbocycles. The molecule has 3 N–H and O–H groups in total. The average molecular weight is 228 g/mol. The molecule has 1 atom stereocenters. The van der Waals surface area contributed by atoms with Gasteiger partial charge in [-0.3, -0.25) is 9.59 Å². The topological polar surface area (TPSA) is 80.4 Å². The molecule has 1 aromatic rings. The van der Waals surface area contributed by atoms with Gasteiger partial charge in [-0.15, -0.1) is 0 Å². The van der Waals surface area contributed by atoms with E-state index in [1.54, 1.807) is 24.3 Å². The van der Waals surface area contributed by atoms with Gasteiger partial charge in [-0.25, -0.2) is 0 Å². The van der Waals surface area contributed by atoms with E-state index in [1.165, 1.54) is 0 Å². The number of carbonyl (C=O) groups is 2. The molecule has 80 valence electrons. The number of rotatable bonds is 4. The number of halogens is 1. The van der Waals surface area contributed by atoms with Crippen LogP contribution in [-0.4, -0.2) is 17.0 Å². The highest BCUT2D eigenvalue weighted by Gasteiger charge is 2.20. The zero-order valence-electron chi connectivity index (χ0n) is 7.81. The number of aliphatic carboxylic acids is 1. The largest absolute Gasteiger partial charge is 0.481 e. The Morgan fingerprint density at radius 2 is 1.87 bits per heavy atom. The summed E-state index contributed by atoms with van der Waals surface area (Å²) in [5.74, 6) is -2.52. The number of carbonyl (C=O) groups excluding carboxylic acids is 1. The SMILES string of the molecule is NC(=O)C(CC(=O)O)c1ccc(Cl)cc1. The fourth-order valence-corrected chi connectivity index (χ4v) is 1.38. The molecule has 0 aliphatic heterocycles. The molecule has 1 rings (SSSR count). The van der Waals surface area contributed by atoms with Gasteiger partial charge in [0.2, 0.25) is 5.91 Å². The van der Waals surface area contributed by atoms with Gasteiger partial charge in [0, 0.05) is 5.02 Å². The van der Waals surface area contributed by atoms with E-state index in [2.05, 4.69) is 0 Å². The van der Waals surface area contributed by atoms with Gasteiger partial charge in [0.15, 0.2) is 0 Å². The van der Waals surface area contributed by atoms with E-state index in [0.717, 1.165) is 0 Å². The summed E-state index contributed by atoms with van der Waals surface area (Å²) in [4.78, 5) is 21.6. The van der Waals surface area contributed by atoms with Gasteiger partial charge in [-0.1, -0.05) is 23.7 Å². The van der Waals surface area contributed by atoms with Crippen LogP contribution in [0.1, 0.15) is 17.9 Å². The Morgan fingerprint density at radius 1 is 1.33 bits per heavy atom. The van der Waals surface area contributed by atoms with Crippen LogP contribution in [0.25, 0.3) is 0 Å². The standard InChI is InChI=1S/C10H10ClNO3/c11-7-3-1-6(2-4-7)8(10(12)15)5-9(13)14/h1-4,8H,5H2,(H2,12,15)(H,13,14). The molecular weight excluding hydrogens is 218 g/mol. The normalized spacial score (nSPS) is 12.1. The Morgan fingerprint density at radius 3 is 2.27 bits per heavy atom. The van der Waals surface area contributed by atoms with Gasteiger partial charge < -0.3 is 10.8 Å². The van der Waals surface area contributed by atoms with Gasteiger partial charge >= 0.3 is 5.97 Å². The monoisotopic (exact) mass is 227 g/mol. The van der Waals surface area contributed by atoms with E-state index in [4.69, 9.17) is 22.4 Å². The summed E-state index contributed by atoms with van der Waals surface area (Å²) in [5, 5.41) is 9.14. The zero-order valence-corrected chi connectivity index (χ0v) is 8.57. The van der Waals surface area contributed by atoms with Crippen LogP contribution in [0.4, 0.5) is 0 Å². The molecule has 1 amide bonds. The number of carboxylic acid groups (broad SMARTS) is 1. The first kappa shape index (κ1) is 11.5. The van der Waals surface area contributed by atoms with Crippen molar-refractivity contribution in [2.24, 2.45) is 5.73 Å². The van der Waals surface area contributed by atoms with Crippen molar-refractivity contribution in [1.29, 1.82) is 0 Å². The summed E-state index contributed by atoms with van der Waals surface area (Å²) in [5.41, 5.74) is 5.68. The molecule has 0 heterocycles. The van der Waals surface area contributed by atoms with Crippen LogP contribution in [0.5, 0.6) is 0 Å². The van der Waals surface area contributed by atoms with Gasteiger partial charge in [0.05, 0.1) is 12.3 Å². The third-order valence-electron chi connectivity index (χ3n) is 1.99. The van der Waals surface area contributed by atoms with Gasteiger partial charge in [-0.2, -0.15) is 0 Å². The van der Waals surface area contributed by atoms with Crippen molar-refractivity contribution in [2.75, 3.05) is 0 Å². The first-order chi connectivity index (χ1) is 7.00. The number of benzene rings is 1. The highest BCUT2D eigenvalue weighted by Crippen LogP contribution is 2.21. The van der Waals surface area contributed by atoms with Crippen LogP contribution in [0, 0.1) is 0 Å². The fourth-order valence-electron chi connectivity index (χ4n) is 1.25. The molecule has 0 spiro atoms. The molecule has 0 bridgehead atoms. The van der Waals surface area contributed by atoms with E-state index in [1.807, 2.05) is 0 Å². The Bertz CT molecular complexity index is 375. The molecule has 0 saturated heterocycles. The van der Waals surface area contributed by atoms with Crippen molar-refractivity contribution >= 4 is 23.5 Å². The fraction of sp³-hybridized carbons (Fsp3) is 0.200. The van der Waals surface area contributed by atoms with Crippen LogP contribution in [0.2, 0.25) is 5.02 Å². The minimum atomic E-state index is -1.06. The maximum Gasteiger partial charge on any atom is 0.304 e. The zero-order chi connectivity index (χ0) is 11.4. The summed E-state index contributed by atoms with van der Waals surface area (Å²) in [6.07, 6.45) is -0.309. The molecule has 4 nitrogen and oxygen atoms in total. The number of carboxylic acids is 1. The van der Waals surface area contributed by atoms with Gasteiger partial charge in [0.25, 0.3) is 0 Å². The van der Waals surface area contributed by atoms with Crippen molar-refractivity contribution < 1.29 is 14.7 Å². The lowest BCUT2D eigenvalue weighted by Crippen LogP contribution is -2.23. The van der Waals surface area contributed by atoms with Crippen molar-refractivity contribution in [2.45, 2.75) is 12.3 Å². The van der Waals surface area contributed by atoms with Crippen molar-refractivity contribution in [3.63, 3.8) is 0 Å². The molecule has 0 aromatic heterocycles. The molecule has 1 aromatic carbocycles. The molecule has 0 radical (unpaired) electrons. The summed E-state index contributed by atoms with van der Waals surface area (Å²) in [7, 11) is 0. The van der Waals surface area contributed by atoms with E-state index in [9.17, 15) is 9.59 Å². The second kappa shape index (κ2) is 4.79. The maximum absolute atomic E-state index is 11.0. The molecule has 0 aliphatic rings. The maximum atomic E-state index is 11.0. The van der Waals surface area contributed by atoms with Crippen molar-refractivity contribution in [1.82, 2.24) is 0 Å².